The number of benzene rings is 3. The number of amides is 1. The van der Waals surface area contributed by atoms with Crippen molar-refractivity contribution in [1.82, 2.24) is 10.3 Å². The standard InChI is InChI=1S/C23H19FN2O2/c1-14-11-20-21(12-15(14)2)28-23(26-20)18-5-3-16(4-6-18)13-25-22(27)17-7-9-19(24)10-8-17/h3-12H,13H2,1-2H3,(H,25,27). The van der Waals surface area contributed by atoms with Crippen molar-refractivity contribution < 1.29 is 13.6 Å². The maximum absolute atomic E-state index is 12.9. The van der Waals surface area contributed by atoms with Gasteiger partial charge in [-0.1, -0.05) is 12.1 Å². The molecular weight excluding hydrogens is 355 g/mol. The van der Waals surface area contributed by atoms with E-state index in [4.69, 9.17) is 4.42 Å². The van der Waals surface area contributed by atoms with Crippen LogP contribution in [0.2, 0.25) is 0 Å². The van der Waals surface area contributed by atoms with Crippen LogP contribution in [0, 0.1) is 19.7 Å². The molecule has 3 aromatic carbocycles. The highest BCUT2D eigenvalue weighted by atomic mass is 19.1. The summed E-state index contributed by atoms with van der Waals surface area (Å²) >= 11 is 0. The van der Waals surface area contributed by atoms with Gasteiger partial charge in [0.15, 0.2) is 5.58 Å². The number of rotatable bonds is 4. The van der Waals surface area contributed by atoms with Crippen molar-refractivity contribution in [2.75, 3.05) is 0 Å². The second-order valence-electron chi connectivity index (χ2n) is 6.81. The first-order chi connectivity index (χ1) is 13.5. The van der Waals surface area contributed by atoms with Gasteiger partial charge in [-0.3, -0.25) is 4.79 Å². The van der Waals surface area contributed by atoms with Gasteiger partial charge in [-0.05, 0) is 79.1 Å². The van der Waals surface area contributed by atoms with Gasteiger partial charge >= 0.3 is 0 Å². The summed E-state index contributed by atoms with van der Waals surface area (Å²) in [6.45, 7) is 4.48. The molecule has 0 fully saturated rings. The van der Waals surface area contributed by atoms with Gasteiger partial charge in [-0.25, -0.2) is 9.37 Å². The fourth-order valence-corrected chi connectivity index (χ4v) is 2.95. The zero-order valence-electron chi connectivity index (χ0n) is 15.6. The van der Waals surface area contributed by atoms with Crippen LogP contribution in [0.4, 0.5) is 4.39 Å². The van der Waals surface area contributed by atoms with Crippen molar-refractivity contribution in [3.05, 3.63) is 88.7 Å². The average molecular weight is 374 g/mol. The summed E-state index contributed by atoms with van der Waals surface area (Å²) in [7, 11) is 0. The minimum absolute atomic E-state index is 0.242. The van der Waals surface area contributed by atoms with E-state index in [9.17, 15) is 9.18 Å². The van der Waals surface area contributed by atoms with E-state index < -0.39 is 0 Å². The molecule has 0 spiro atoms. The van der Waals surface area contributed by atoms with Gasteiger partial charge in [0, 0.05) is 17.7 Å². The number of aromatic nitrogens is 1. The highest BCUT2D eigenvalue weighted by Crippen LogP contribution is 2.26. The number of nitrogens with one attached hydrogen (secondary N) is 1. The van der Waals surface area contributed by atoms with E-state index in [2.05, 4.69) is 17.2 Å². The van der Waals surface area contributed by atoms with E-state index in [-0.39, 0.29) is 11.7 Å². The van der Waals surface area contributed by atoms with Gasteiger partial charge < -0.3 is 9.73 Å². The smallest absolute Gasteiger partial charge is 0.251 e. The maximum Gasteiger partial charge on any atom is 0.251 e. The lowest BCUT2D eigenvalue weighted by Crippen LogP contribution is -2.22. The molecular formula is C23H19FN2O2. The predicted molar refractivity (Wildman–Crippen MR) is 106 cm³/mol. The summed E-state index contributed by atoms with van der Waals surface area (Å²) in [5.41, 5.74) is 6.21. The number of carbonyl (C=O) groups is 1. The van der Waals surface area contributed by atoms with Crippen LogP contribution in [0.5, 0.6) is 0 Å². The van der Waals surface area contributed by atoms with Crippen LogP contribution in [-0.2, 0) is 6.54 Å². The summed E-state index contributed by atoms with van der Waals surface area (Å²) in [6.07, 6.45) is 0. The van der Waals surface area contributed by atoms with E-state index in [1.807, 2.05) is 43.3 Å². The Morgan fingerprint density at radius 2 is 1.68 bits per heavy atom. The first kappa shape index (κ1) is 17.9. The molecule has 0 aliphatic heterocycles. The molecule has 1 heterocycles. The molecule has 0 aliphatic carbocycles. The normalized spacial score (nSPS) is 11.0. The molecule has 4 rings (SSSR count). The van der Waals surface area contributed by atoms with Gasteiger partial charge in [-0.2, -0.15) is 0 Å². The Bertz CT molecular complexity index is 1110. The molecule has 4 nitrogen and oxygen atoms in total. The van der Waals surface area contributed by atoms with E-state index in [1.165, 1.54) is 35.4 Å². The van der Waals surface area contributed by atoms with Crippen LogP contribution in [0.25, 0.3) is 22.6 Å². The van der Waals surface area contributed by atoms with Gasteiger partial charge in [0.05, 0.1) is 0 Å². The molecule has 140 valence electrons. The van der Waals surface area contributed by atoms with Crippen LogP contribution < -0.4 is 5.32 Å². The van der Waals surface area contributed by atoms with Crippen LogP contribution in [0.15, 0.2) is 65.1 Å². The van der Waals surface area contributed by atoms with Crippen molar-refractivity contribution in [1.29, 1.82) is 0 Å². The fourth-order valence-electron chi connectivity index (χ4n) is 2.95. The Morgan fingerprint density at radius 1 is 1.00 bits per heavy atom. The summed E-state index contributed by atoms with van der Waals surface area (Å²) in [4.78, 5) is 16.7. The molecule has 0 aliphatic rings. The van der Waals surface area contributed by atoms with Gasteiger partial charge in [-0.15, -0.1) is 0 Å². The van der Waals surface area contributed by atoms with Crippen molar-refractivity contribution in [3.63, 3.8) is 0 Å². The molecule has 0 saturated carbocycles. The highest BCUT2D eigenvalue weighted by Gasteiger charge is 2.10. The quantitative estimate of drug-likeness (QED) is 0.535. The van der Waals surface area contributed by atoms with Crippen LogP contribution in [0.3, 0.4) is 0 Å². The Hall–Kier alpha value is -3.47. The third-order valence-corrected chi connectivity index (χ3v) is 4.76. The number of nitrogens with zero attached hydrogens (tertiary/aromatic N) is 1. The van der Waals surface area contributed by atoms with E-state index >= 15 is 0 Å². The summed E-state index contributed by atoms with van der Waals surface area (Å²) in [5.74, 6) is -0.0349. The summed E-state index contributed by atoms with van der Waals surface area (Å²) < 4.78 is 18.8. The topological polar surface area (TPSA) is 55.1 Å². The van der Waals surface area contributed by atoms with Gasteiger partial charge in [0.1, 0.15) is 11.3 Å². The molecule has 0 atom stereocenters. The lowest BCUT2D eigenvalue weighted by atomic mass is 10.1. The second kappa shape index (κ2) is 7.27. The molecule has 28 heavy (non-hydrogen) atoms. The van der Waals surface area contributed by atoms with E-state index in [1.54, 1.807) is 0 Å². The molecule has 5 heteroatoms. The van der Waals surface area contributed by atoms with Gasteiger partial charge in [0.25, 0.3) is 5.91 Å². The average Bonchev–Trinajstić information content (AvgIpc) is 3.10. The molecule has 1 N–H and O–H groups in total. The van der Waals surface area contributed by atoms with E-state index in [0.29, 0.717) is 18.0 Å². The number of halogens is 1. The first-order valence-corrected chi connectivity index (χ1v) is 9.00. The van der Waals surface area contributed by atoms with Crippen molar-refractivity contribution in [2.45, 2.75) is 20.4 Å². The monoisotopic (exact) mass is 374 g/mol. The van der Waals surface area contributed by atoms with Crippen molar-refractivity contribution >= 4 is 17.0 Å². The first-order valence-electron chi connectivity index (χ1n) is 9.00. The van der Waals surface area contributed by atoms with Crippen molar-refractivity contribution in [3.8, 4) is 11.5 Å². The Balaban J connectivity index is 1.46. The van der Waals surface area contributed by atoms with Gasteiger partial charge in [0.2, 0.25) is 5.89 Å². The SMILES string of the molecule is Cc1cc2nc(-c3ccc(CNC(=O)c4ccc(F)cc4)cc3)oc2cc1C. The van der Waals surface area contributed by atoms with Crippen LogP contribution >= 0.6 is 0 Å². The van der Waals surface area contributed by atoms with Crippen molar-refractivity contribution in [2.24, 2.45) is 0 Å². The molecule has 1 amide bonds. The number of fused-ring (bicyclic) bond motifs is 1. The predicted octanol–water partition coefficient (Wildman–Crippen LogP) is 5.18. The summed E-state index contributed by atoms with van der Waals surface area (Å²) in [6, 6.07) is 17.2. The number of hydrogen-bond donors (Lipinski definition) is 1. The third-order valence-electron chi connectivity index (χ3n) is 4.76. The summed E-state index contributed by atoms with van der Waals surface area (Å²) in [5, 5.41) is 2.83. The Labute approximate surface area is 162 Å². The second-order valence-corrected chi connectivity index (χ2v) is 6.81. The highest BCUT2D eigenvalue weighted by molar-refractivity contribution is 5.94. The van der Waals surface area contributed by atoms with E-state index in [0.717, 1.165) is 22.2 Å². The molecule has 0 saturated heterocycles. The number of carbonyl (C=O) groups excluding carboxylic acids is 1. The largest absolute Gasteiger partial charge is 0.436 e. The van der Waals surface area contributed by atoms with Crippen LogP contribution in [0.1, 0.15) is 27.0 Å². The third kappa shape index (κ3) is 3.64. The lowest BCUT2D eigenvalue weighted by Gasteiger charge is -2.06. The Kier molecular flexibility index (Phi) is 4.65. The Morgan fingerprint density at radius 3 is 2.39 bits per heavy atom. The zero-order chi connectivity index (χ0) is 19.7. The molecule has 1 aromatic heterocycles. The maximum atomic E-state index is 12.9. The molecule has 0 unspecified atom stereocenters. The minimum Gasteiger partial charge on any atom is -0.436 e. The molecule has 0 bridgehead atoms. The number of oxazole rings is 1. The molecule has 0 radical (unpaired) electrons. The number of hydrogen-bond acceptors (Lipinski definition) is 3. The molecule has 4 aromatic rings. The number of aryl methyl sites for hydroxylation is 2. The van der Waals surface area contributed by atoms with Crippen LogP contribution in [-0.4, -0.2) is 10.9 Å². The lowest BCUT2D eigenvalue weighted by molar-refractivity contribution is 0.0951. The fraction of sp³-hybridized carbons (Fsp3) is 0.130. The zero-order valence-corrected chi connectivity index (χ0v) is 15.6. The minimum atomic E-state index is -0.364.